The van der Waals surface area contributed by atoms with Gasteiger partial charge in [0.25, 0.3) is 0 Å². The average Bonchev–Trinajstić information content (AvgIpc) is 2.76. The third-order valence-corrected chi connectivity index (χ3v) is 3.55. The van der Waals surface area contributed by atoms with Gasteiger partial charge in [-0.05, 0) is 12.2 Å². The van der Waals surface area contributed by atoms with E-state index in [4.69, 9.17) is 4.74 Å². The molecule has 88 valence electrons. The number of rotatable bonds is 7. The van der Waals surface area contributed by atoms with Crippen molar-refractivity contribution in [2.24, 2.45) is 5.92 Å². The maximum absolute atomic E-state index is 11.6. The highest BCUT2D eigenvalue weighted by Gasteiger charge is 2.22. The van der Waals surface area contributed by atoms with Crippen LogP contribution in [0.1, 0.15) is 6.42 Å². The number of amides is 1. The van der Waals surface area contributed by atoms with Crippen molar-refractivity contribution >= 4 is 17.7 Å². The number of hydrogen-bond donors (Lipinski definition) is 2. The molecule has 1 aliphatic heterocycles. The van der Waals surface area contributed by atoms with E-state index in [0.29, 0.717) is 13.2 Å². The molecule has 0 bridgehead atoms. The van der Waals surface area contributed by atoms with Crippen LogP contribution in [0, 0.1) is 5.92 Å². The quantitative estimate of drug-likeness (QED) is 0.611. The van der Waals surface area contributed by atoms with Crippen LogP contribution >= 0.6 is 11.8 Å². The van der Waals surface area contributed by atoms with Crippen molar-refractivity contribution in [2.45, 2.75) is 6.42 Å². The second kappa shape index (κ2) is 7.96. The van der Waals surface area contributed by atoms with Crippen LogP contribution in [0.15, 0.2) is 0 Å². The van der Waals surface area contributed by atoms with Gasteiger partial charge >= 0.3 is 0 Å². The summed E-state index contributed by atoms with van der Waals surface area (Å²) in [5.41, 5.74) is 0. The fourth-order valence-electron chi connectivity index (χ4n) is 1.46. The number of thioether (sulfide) groups is 1. The summed E-state index contributed by atoms with van der Waals surface area (Å²) >= 11 is 1.87. The zero-order valence-electron chi connectivity index (χ0n) is 9.25. The second-order valence-corrected chi connectivity index (χ2v) is 4.74. The third kappa shape index (κ3) is 5.39. The van der Waals surface area contributed by atoms with E-state index in [2.05, 4.69) is 10.6 Å². The van der Waals surface area contributed by atoms with Crippen molar-refractivity contribution in [3.8, 4) is 0 Å². The molecular weight excluding hydrogens is 212 g/mol. The SMILES string of the molecule is COCCNCCNC(=O)C1CCSC1. The Bertz CT molecular complexity index is 184. The van der Waals surface area contributed by atoms with E-state index in [1.54, 1.807) is 7.11 Å². The van der Waals surface area contributed by atoms with Crippen molar-refractivity contribution < 1.29 is 9.53 Å². The Labute approximate surface area is 95.5 Å². The maximum Gasteiger partial charge on any atom is 0.224 e. The van der Waals surface area contributed by atoms with Gasteiger partial charge in [0.1, 0.15) is 0 Å². The molecule has 1 fully saturated rings. The summed E-state index contributed by atoms with van der Waals surface area (Å²) in [4.78, 5) is 11.6. The van der Waals surface area contributed by atoms with Crippen LogP contribution in [0.3, 0.4) is 0 Å². The van der Waals surface area contributed by atoms with Crippen molar-refractivity contribution in [1.82, 2.24) is 10.6 Å². The van der Waals surface area contributed by atoms with Gasteiger partial charge < -0.3 is 15.4 Å². The van der Waals surface area contributed by atoms with Crippen LogP contribution in [-0.2, 0) is 9.53 Å². The highest BCUT2D eigenvalue weighted by molar-refractivity contribution is 7.99. The molecule has 1 aliphatic rings. The molecule has 1 rings (SSSR count). The third-order valence-electron chi connectivity index (χ3n) is 2.38. The Morgan fingerprint density at radius 2 is 2.33 bits per heavy atom. The van der Waals surface area contributed by atoms with E-state index in [1.165, 1.54) is 0 Å². The number of carbonyl (C=O) groups is 1. The maximum atomic E-state index is 11.6. The zero-order valence-corrected chi connectivity index (χ0v) is 10.1. The number of nitrogens with one attached hydrogen (secondary N) is 2. The van der Waals surface area contributed by atoms with E-state index < -0.39 is 0 Å². The van der Waals surface area contributed by atoms with Gasteiger partial charge in [-0.25, -0.2) is 0 Å². The monoisotopic (exact) mass is 232 g/mol. The molecule has 1 saturated heterocycles. The van der Waals surface area contributed by atoms with Gasteiger partial charge in [0.15, 0.2) is 0 Å². The molecule has 1 unspecified atom stereocenters. The molecule has 5 heteroatoms. The van der Waals surface area contributed by atoms with Crippen molar-refractivity contribution in [2.75, 3.05) is 44.9 Å². The first-order chi connectivity index (χ1) is 7.34. The Morgan fingerprint density at radius 1 is 1.47 bits per heavy atom. The minimum absolute atomic E-state index is 0.216. The van der Waals surface area contributed by atoms with Crippen LogP contribution in [0.25, 0.3) is 0 Å². The van der Waals surface area contributed by atoms with Crippen molar-refractivity contribution in [1.29, 1.82) is 0 Å². The van der Waals surface area contributed by atoms with E-state index >= 15 is 0 Å². The molecule has 0 aromatic rings. The molecule has 1 heterocycles. The second-order valence-electron chi connectivity index (χ2n) is 3.59. The van der Waals surface area contributed by atoms with Crippen LogP contribution in [0.4, 0.5) is 0 Å². The highest BCUT2D eigenvalue weighted by Crippen LogP contribution is 2.23. The van der Waals surface area contributed by atoms with Crippen LogP contribution in [-0.4, -0.2) is 50.8 Å². The summed E-state index contributed by atoms with van der Waals surface area (Å²) in [6, 6.07) is 0. The van der Waals surface area contributed by atoms with Crippen molar-refractivity contribution in [3.63, 3.8) is 0 Å². The minimum Gasteiger partial charge on any atom is -0.383 e. The molecule has 0 aromatic carbocycles. The first-order valence-corrected chi connectivity index (χ1v) is 6.55. The zero-order chi connectivity index (χ0) is 10.9. The van der Waals surface area contributed by atoms with Crippen LogP contribution in [0.5, 0.6) is 0 Å². The Kier molecular flexibility index (Phi) is 6.80. The van der Waals surface area contributed by atoms with Gasteiger partial charge in [-0.15, -0.1) is 0 Å². The number of ether oxygens (including phenoxy) is 1. The number of methoxy groups -OCH3 is 1. The molecule has 0 aliphatic carbocycles. The van der Waals surface area contributed by atoms with E-state index in [-0.39, 0.29) is 11.8 Å². The largest absolute Gasteiger partial charge is 0.383 e. The molecule has 1 atom stereocenters. The highest BCUT2D eigenvalue weighted by atomic mass is 32.2. The van der Waals surface area contributed by atoms with Crippen LogP contribution < -0.4 is 10.6 Å². The first-order valence-electron chi connectivity index (χ1n) is 5.39. The molecule has 0 saturated carbocycles. The molecule has 1 amide bonds. The molecule has 0 spiro atoms. The van der Waals surface area contributed by atoms with Gasteiger partial charge in [-0.2, -0.15) is 11.8 Å². The molecule has 0 aromatic heterocycles. The van der Waals surface area contributed by atoms with Gasteiger partial charge in [0, 0.05) is 38.4 Å². The molecule has 0 radical (unpaired) electrons. The molecular formula is C10H20N2O2S. The Balaban J connectivity index is 1.92. The topological polar surface area (TPSA) is 50.4 Å². The van der Waals surface area contributed by atoms with E-state index in [1.807, 2.05) is 11.8 Å². The van der Waals surface area contributed by atoms with E-state index in [9.17, 15) is 4.79 Å². The predicted octanol–water partition coefficient (Wildman–Crippen LogP) is 0.0917. The fraction of sp³-hybridized carbons (Fsp3) is 0.900. The lowest BCUT2D eigenvalue weighted by Crippen LogP contribution is -2.36. The summed E-state index contributed by atoms with van der Waals surface area (Å²) in [7, 11) is 1.68. The normalized spacial score (nSPS) is 20.5. The smallest absolute Gasteiger partial charge is 0.224 e. The average molecular weight is 232 g/mol. The summed E-state index contributed by atoms with van der Waals surface area (Å²) in [6.45, 7) is 3.08. The predicted molar refractivity (Wildman–Crippen MR) is 63.2 cm³/mol. The Hall–Kier alpha value is -0.260. The fourth-order valence-corrected chi connectivity index (χ4v) is 2.68. The van der Waals surface area contributed by atoms with E-state index in [0.717, 1.165) is 31.0 Å². The van der Waals surface area contributed by atoms with Gasteiger partial charge in [-0.1, -0.05) is 0 Å². The number of carbonyl (C=O) groups excluding carboxylic acids is 1. The summed E-state index contributed by atoms with van der Waals surface area (Å²) in [5.74, 6) is 2.58. The lowest BCUT2D eigenvalue weighted by molar-refractivity contribution is -0.124. The van der Waals surface area contributed by atoms with Crippen LogP contribution in [0.2, 0.25) is 0 Å². The van der Waals surface area contributed by atoms with Gasteiger partial charge in [-0.3, -0.25) is 4.79 Å². The van der Waals surface area contributed by atoms with Gasteiger partial charge in [0.2, 0.25) is 5.91 Å². The summed E-state index contributed by atoms with van der Waals surface area (Å²) in [5, 5.41) is 6.13. The standard InChI is InChI=1S/C10H20N2O2S/c1-14-6-5-11-3-4-12-10(13)9-2-7-15-8-9/h9,11H,2-8H2,1H3,(H,12,13). The summed E-state index contributed by atoms with van der Waals surface area (Å²) < 4.78 is 4.90. The van der Waals surface area contributed by atoms with Gasteiger partial charge in [0.05, 0.1) is 6.61 Å². The summed E-state index contributed by atoms with van der Waals surface area (Å²) in [6.07, 6.45) is 1.04. The van der Waals surface area contributed by atoms with Crippen molar-refractivity contribution in [3.05, 3.63) is 0 Å². The lowest BCUT2D eigenvalue weighted by Gasteiger charge is -2.10. The lowest BCUT2D eigenvalue weighted by atomic mass is 10.1. The Morgan fingerprint density at radius 3 is 3.00 bits per heavy atom. The number of hydrogen-bond acceptors (Lipinski definition) is 4. The first kappa shape index (κ1) is 12.8. The molecule has 2 N–H and O–H groups in total. The molecule has 15 heavy (non-hydrogen) atoms. The minimum atomic E-state index is 0.216. The molecule has 4 nitrogen and oxygen atoms in total.